The molecule has 1 aliphatic heterocycles. The second-order valence-corrected chi connectivity index (χ2v) is 5.31. The molecule has 6 nitrogen and oxygen atoms in total. The second-order valence-electron chi connectivity index (χ2n) is 5.31. The third kappa shape index (κ3) is 3.38. The minimum Gasteiger partial charge on any atom is -0.353 e. The average molecular weight is 301 g/mol. The summed E-state index contributed by atoms with van der Waals surface area (Å²) in [5, 5.41) is 3.95. The van der Waals surface area contributed by atoms with Crippen LogP contribution in [0.4, 0.5) is 0 Å². The molecule has 0 bridgehead atoms. The van der Waals surface area contributed by atoms with Crippen LogP contribution in [0.15, 0.2) is 23.0 Å². The first-order valence-electron chi connectivity index (χ1n) is 7.46. The van der Waals surface area contributed by atoms with Gasteiger partial charge in [0.2, 0.25) is 5.76 Å². The Morgan fingerprint density at radius 3 is 3.18 bits per heavy atom. The quantitative estimate of drug-likeness (QED) is 0.794. The minimum absolute atomic E-state index is 0.144. The molecule has 0 spiro atoms. The highest BCUT2D eigenvalue weighted by Crippen LogP contribution is 2.23. The van der Waals surface area contributed by atoms with Crippen LogP contribution in [0.5, 0.6) is 0 Å². The van der Waals surface area contributed by atoms with Crippen molar-refractivity contribution in [3.8, 4) is 12.3 Å². The van der Waals surface area contributed by atoms with E-state index in [9.17, 15) is 0 Å². The van der Waals surface area contributed by atoms with Crippen LogP contribution in [0.3, 0.4) is 0 Å². The van der Waals surface area contributed by atoms with Gasteiger partial charge in [-0.1, -0.05) is 5.16 Å². The summed E-state index contributed by atoms with van der Waals surface area (Å²) in [6.07, 6.45) is 11.8. The SMILES string of the molecule is C#Cc1cc(Cn2ccnc2[C@H](C)OC2CCCCO2)no1. The molecule has 0 N–H and O–H groups in total. The van der Waals surface area contributed by atoms with Crippen molar-refractivity contribution in [2.24, 2.45) is 0 Å². The maximum absolute atomic E-state index is 5.96. The fourth-order valence-electron chi connectivity index (χ4n) is 2.55. The van der Waals surface area contributed by atoms with Crippen LogP contribution in [-0.2, 0) is 16.0 Å². The van der Waals surface area contributed by atoms with Gasteiger partial charge in [0.25, 0.3) is 0 Å². The molecule has 1 saturated heterocycles. The van der Waals surface area contributed by atoms with E-state index in [1.165, 1.54) is 0 Å². The summed E-state index contributed by atoms with van der Waals surface area (Å²) in [6.45, 7) is 3.28. The summed E-state index contributed by atoms with van der Waals surface area (Å²) in [4.78, 5) is 4.39. The van der Waals surface area contributed by atoms with Gasteiger partial charge in [-0.15, -0.1) is 6.42 Å². The van der Waals surface area contributed by atoms with Crippen LogP contribution >= 0.6 is 0 Å². The van der Waals surface area contributed by atoms with Crippen molar-refractivity contribution in [3.63, 3.8) is 0 Å². The average Bonchev–Trinajstić information content (AvgIpc) is 3.18. The summed E-state index contributed by atoms with van der Waals surface area (Å²) in [5.74, 6) is 3.68. The Labute approximate surface area is 129 Å². The van der Waals surface area contributed by atoms with E-state index in [1.54, 1.807) is 12.3 Å². The van der Waals surface area contributed by atoms with Crippen LogP contribution in [0.25, 0.3) is 0 Å². The normalized spacial score (nSPS) is 19.7. The first-order valence-corrected chi connectivity index (χ1v) is 7.46. The molecule has 0 radical (unpaired) electrons. The molecule has 0 aliphatic carbocycles. The van der Waals surface area contributed by atoms with Gasteiger partial charge in [-0.25, -0.2) is 4.98 Å². The van der Waals surface area contributed by atoms with Crippen molar-refractivity contribution in [1.82, 2.24) is 14.7 Å². The van der Waals surface area contributed by atoms with E-state index in [4.69, 9.17) is 20.4 Å². The first kappa shape index (κ1) is 14.8. The monoisotopic (exact) mass is 301 g/mol. The summed E-state index contributed by atoms with van der Waals surface area (Å²) in [7, 11) is 0. The number of ether oxygens (including phenoxy) is 2. The van der Waals surface area contributed by atoms with Gasteiger partial charge in [0.15, 0.2) is 6.29 Å². The van der Waals surface area contributed by atoms with E-state index in [-0.39, 0.29) is 12.4 Å². The maximum Gasteiger partial charge on any atom is 0.209 e. The molecule has 0 aromatic carbocycles. The molecule has 1 unspecified atom stereocenters. The third-order valence-corrected chi connectivity index (χ3v) is 3.64. The number of imidazole rings is 1. The van der Waals surface area contributed by atoms with Gasteiger partial charge in [0.1, 0.15) is 17.6 Å². The zero-order valence-electron chi connectivity index (χ0n) is 12.6. The number of aromatic nitrogens is 3. The van der Waals surface area contributed by atoms with Crippen LogP contribution in [0.1, 0.15) is 49.6 Å². The Bertz CT molecular complexity index is 650. The molecular formula is C16H19N3O3. The predicted molar refractivity (Wildman–Crippen MR) is 78.9 cm³/mol. The summed E-state index contributed by atoms with van der Waals surface area (Å²) in [5.41, 5.74) is 0.758. The number of rotatable bonds is 5. The molecule has 1 aliphatic rings. The first-order chi connectivity index (χ1) is 10.8. The van der Waals surface area contributed by atoms with E-state index in [2.05, 4.69) is 16.1 Å². The number of terminal acetylenes is 1. The highest BCUT2D eigenvalue weighted by Gasteiger charge is 2.21. The van der Waals surface area contributed by atoms with Crippen molar-refractivity contribution >= 4 is 0 Å². The molecule has 6 heteroatoms. The summed E-state index contributed by atoms with van der Waals surface area (Å²) >= 11 is 0. The predicted octanol–water partition coefficient (Wildman–Crippen LogP) is 2.50. The number of nitrogens with zero attached hydrogens (tertiary/aromatic N) is 3. The standard InChI is InChI=1S/C16H19N3O3/c1-3-14-10-13(18-22-14)11-19-8-7-17-16(19)12(2)21-15-6-4-5-9-20-15/h1,7-8,10,12,15H,4-6,9,11H2,2H3/t12-,15?/m0/s1. The van der Waals surface area contributed by atoms with E-state index < -0.39 is 0 Å². The Hall–Kier alpha value is -2.10. The van der Waals surface area contributed by atoms with Crippen molar-refractivity contribution in [3.05, 3.63) is 35.7 Å². The van der Waals surface area contributed by atoms with E-state index in [0.717, 1.165) is 37.4 Å². The molecule has 2 atom stereocenters. The highest BCUT2D eigenvalue weighted by molar-refractivity contribution is 5.22. The lowest BCUT2D eigenvalue weighted by Crippen LogP contribution is -2.24. The third-order valence-electron chi connectivity index (χ3n) is 3.64. The van der Waals surface area contributed by atoms with E-state index in [1.807, 2.05) is 17.7 Å². The number of hydrogen-bond donors (Lipinski definition) is 0. The van der Waals surface area contributed by atoms with Crippen molar-refractivity contribution in [2.75, 3.05) is 6.61 Å². The second kappa shape index (κ2) is 6.77. The van der Waals surface area contributed by atoms with Gasteiger partial charge in [-0.3, -0.25) is 0 Å². The fraction of sp³-hybridized carbons (Fsp3) is 0.500. The Morgan fingerprint density at radius 2 is 2.45 bits per heavy atom. The van der Waals surface area contributed by atoms with E-state index >= 15 is 0 Å². The van der Waals surface area contributed by atoms with Crippen molar-refractivity contribution in [1.29, 1.82) is 0 Å². The fourth-order valence-corrected chi connectivity index (χ4v) is 2.55. The summed E-state index contributed by atoms with van der Waals surface area (Å²) < 4.78 is 18.6. The topological polar surface area (TPSA) is 62.3 Å². The molecule has 2 aromatic heterocycles. The molecule has 2 aromatic rings. The Morgan fingerprint density at radius 1 is 1.55 bits per heavy atom. The molecule has 116 valence electrons. The molecule has 3 rings (SSSR count). The zero-order chi connectivity index (χ0) is 15.4. The summed E-state index contributed by atoms with van der Waals surface area (Å²) in [6, 6.07) is 1.75. The van der Waals surface area contributed by atoms with Gasteiger partial charge in [-0.2, -0.15) is 0 Å². The van der Waals surface area contributed by atoms with Gasteiger partial charge >= 0.3 is 0 Å². The lowest BCUT2D eigenvalue weighted by atomic mass is 10.2. The zero-order valence-corrected chi connectivity index (χ0v) is 12.6. The molecule has 3 heterocycles. The largest absolute Gasteiger partial charge is 0.353 e. The van der Waals surface area contributed by atoms with Crippen LogP contribution < -0.4 is 0 Å². The van der Waals surface area contributed by atoms with Gasteiger partial charge in [0, 0.05) is 25.1 Å². The van der Waals surface area contributed by atoms with Gasteiger partial charge < -0.3 is 18.6 Å². The molecule has 0 saturated carbocycles. The smallest absolute Gasteiger partial charge is 0.209 e. The van der Waals surface area contributed by atoms with Crippen molar-refractivity contribution < 1.29 is 14.0 Å². The van der Waals surface area contributed by atoms with Crippen molar-refractivity contribution in [2.45, 2.75) is 45.1 Å². The van der Waals surface area contributed by atoms with Crippen LogP contribution in [0, 0.1) is 12.3 Å². The van der Waals surface area contributed by atoms with Gasteiger partial charge in [-0.05, 0) is 32.1 Å². The molecule has 1 fully saturated rings. The Kier molecular flexibility index (Phi) is 4.56. The van der Waals surface area contributed by atoms with Crippen LogP contribution in [0.2, 0.25) is 0 Å². The number of hydrogen-bond acceptors (Lipinski definition) is 5. The lowest BCUT2D eigenvalue weighted by molar-refractivity contribution is -0.188. The van der Waals surface area contributed by atoms with E-state index in [0.29, 0.717) is 12.3 Å². The minimum atomic E-state index is -0.155. The van der Waals surface area contributed by atoms with Gasteiger partial charge in [0.05, 0.1) is 6.54 Å². The molecular weight excluding hydrogens is 282 g/mol. The molecule has 0 amide bonds. The maximum atomic E-state index is 5.96. The molecule has 22 heavy (non-hydrogen) atoms. The Balaban J connectivity index is 1.66. The highest BCUT2D eigenvalue weighted by atomic mass is 16.7. The lowest BCUT2D eigenvalue weighted by Gasteiger charge is -2.26. The van der Waals surface area contributed by atoms with Crippen LogP contribution in [-0.4, -0.2) is 27.6 Å².